The molecular weight excluding hydrogens is 360 g/mol. The van der Waals surface area contributed by atoms with Gasteiger partial charge in [0.25, 0.3) is 5.91 Å². The van der Waals surface area contributed by atoms with Crippen molar-refractivity contribution in [2.45, 2.75) is 70.6 Å². The molecule has 2 aromatic rings. The van der Waals surface area contributed by atoms with Gasteiger partial charge in [-0.25, -0.2) is 0 Å². The Morgan fingerprint density at radius 3 is 2.45 bits per heavy atom. The Labute approximate surface area is 174 Å². The van der Waals surface area contributed by atoms with Gasteiger partial charge in [0.05, 0.1) is 24.3 Å². The van der Waals surface area contributed by atoms with E-state index in [2.05, 4.69) is 36.5 Å². The van der Waals surface area contributed by atoms with E-state index in [1.165, 1.54) is 30.4 Å². The van der Waals surface area contributed by atoms with Gasteiger partial charge in [0, 0.05) is 24.4 Å². The molecule has 1 amide bonds. The third kappa shape index (κ3) is 4.64. The lowest BCUT2D eigenvalue weighted by Crippen LogP contribution is -3.20. The van der Waals surface area contributed by atoms with E-state index in [1.807, 2.05) is 31.2 Å². The lowest BCUT2D eigenvalue weighted by Gasteiger charge is -2.46. The van der Waals surface area contributed by atoms with E-state index in [9.17, 15) is 4.79 Å². The zero-order chi connectivity index (χ0) is 20.2. The Morgan fingerprint density at radius 1 is 1.07 bits per heavy atom. The topological polar surface area (TPSA) is 42.8 Å². The molecule has 4 heteroatoms. The fraction of sp³-hybridized carbons (Fsp3) is 0.480. The van der Waals surface area contributed by atoms with E-state index < -0.39 is 0 Å². The number of quaternary nitrogens is 1. The van der Waals surface area contributed by atoms with Crippen molar-refractivity contribution in [3.05, 3.63) is 65.2 Å². The molecule has 0 saturated carbocycles. The smallest absolute Gasteiger partial charge is 0.255 e. The van der Waals surface area contributed by atoms with E-state index >= 15 is 0 Å². The van der Waals surface area contributed by atoms with E-state index in [4.69, 9.17) is 4.74 Å². The van der Waals surface area contributed by atoms with Crippen LogP contribution in [-0.2, 0) is 6.54 Å². The van der Waals surface area contributed by atoms with Gasteiger partial charge in [0.1, 0.15) is 12.3 Å². The first-order valence-electron chi connectivity index (χ1n) is 11.1. The van der Waals surface area contributed by atoms with Crippen LogP contribution in [0.15, 0.2) is 48.5 Å². The second kappa shape index (κ2) is 9.00. The maximum atomic E-state index is 12.9. The highest BCUT2D eigenvalue weighted by Gasteiger charge is 2.42. The maximum Gasteiger partial charge on any atom is 0.255 e. The van der Waals surface area contributed by atoms with Gasteiger partial charge >= 0.3 is 0 Å². The number of ether oxygens (including phenoxy) is 1. The largest absolute Gasteiger partial charge is 0.493 e. The first kappa shape index (κ1) is 20.0. The van der Waals surface area contributed by atoms with Crippen LogP contribution in [-0.4, -0.2) is 30.6 Å². The van der Waals surface area contributed by atoms with Gasteiger partial charge in [-0.3, -0.25) is 4.79 Å². The Balaban J connectivity index is 1.42. The summed E-state index contributed by atoms with van der Waals surface area (Å²) in [6.07, 6.45) is 5.99. The second-order valence-electron chi connectivity index (χ2n) is 8.63. The normalized spacial score (nSPS) is 26.0. The fourth-order valence-electron chi connectivity index (χ4n) is 5.18. The average Bonchev–Trinajstić information content (AvgIpc) is 2.71. The summed E-state index contributed by atoms with van der Waals surface area (Å²) in [4.78, 5) is 14.7. The minimum absolute atomic E-state index is 0.000826. The van der Waals surface area contributed by atoms with Crippen LogP contribution in [0, 0.1) is 6.92 Å². The summed E-state index contributed by atoms with van der Waals surface area (Å²) in [7, 11) is 0. The Hall–Kier alpha value is -2.33. The van der Waals surface area contributed by atoms with E-state index in [1.54, 1.807) is 4.90 Å². The molecule has 29 heavy (non-hydrogen) atoms. The van der Waals surface area contributed by atoms with Gasteiger partial charge in [-0.1, -0.05) is 42.0 Å². The van der Waals surface area contributed by atoms with Crippen molar-refractivity contribution in [2.24, 2.45) is 0 Å². The zero-order valence-electron chi connectivity index (χ0n) is 17.6. The molecule has 2 atom stereocenters. The summed E-state index contributed by atoms with van der Waals surface area (Å²) in [5.74, 6) is 0.675. The fourth-order valence-corrected chi connectivity index (χ4v) is 5.18. The molecule has 2 N–H and O–H groups in total. The number of fused-ring (bicyclic) bond motifs is 2. The number of amides is 1. The molecule has 2 aliphatic heterocycles. The van der Waals surface area contributed by atoms with Crippen LogP contribution in [0.5, 0.6) is 5.75 Å². The summed E-state index contributed by atoms with van der Waals surface area (Å²) in [6.45, 7) is 5.75. The molecule has 0 aromatic heterocycles. The van der Waals surface area contributed by atoms with Crippen LogP contribution in [0.3, 0.4) is 0 Å². The molecule has 2 aromatic carbocycles. The van der Waals surface area contributed by atoms with Crippen molar-refractivity contribution in [3.8, 4) is 5.75 Å². The van der Waals surface area contributed by atoms with Crippen molar-refractivity contribution in [1.29, 1.82) is 0 Å². The van der Waals surface area contributed by atoms with Crippen LogP contribution in [0.1, 0.15) is 60.5 Å². The predicted octanol–water partition coefficient (Wildman–Crippen LogP) is 3.29. The molecule has 2 aliphatic rings. The number of hydrogen-bond donors (Lipinski definition) is 2. The molecule has 0 radical (unpaired) electrons. The molecule has 2 bridgehead atoms. The SMILES string of the molecule is CCOc1ccccc1C(=O)NC1C[C@H]2CCC[C@H](C1)[NH+]2Cc1ccc(C)cc1. The van der Waals surface area contributed by atoms with Crippen molar-refractivity contribution in [2.75, 3.05) is 6.61 Å². The maximum absolute atomic E-state index is 12.9. The first-order valence-corrected chi connectivity index (χ1v) is 11.1. The van der Waals surface area contributed by atoms with Gasteiger partial charge in [0.15, 0.2) is 0 Å². The third-order valence-corrected chi connectivity index (χ3v) is 6.59. The van der Waals surface area contributed by atoms with Gasteiger partial charge in [0.2, 0.25) is 0 Å². The number of nitrogens with one attached hydrogen (secondary N) is 2. The quantitative estimate of drug-likeness (QED) is 0.791. The van der Waals surface area contributed by atoms with Gasteiger partial charge in [-0.05, 0) is 45.2 Å². The molecule has 2 saturated heterocycles. The van der Waals surface area contributed by atoms with Gasteiger partial charge < -0.3 is 15.0 Å². The summed E-state index contributed by atoms with van der Waals surface area (Å²) in [6, 6.07) is 18.1. The highest BCUT2D eigenvalue weighted by Crippen LogP contribution is 2.24. The number of rotatable bonds is 6. The predicted molar refractivity (Wildman–Crippen MR) is 115 cm³/mol. The summed E-state index contributed by atoms with van der Waals surface area (Å²) < 4.78 is 5.65. The van der Waals surface area contributed by atoms with Crippen LogP contribution >= 0.6 is 0 Å². The highest BCUT2D eigenvalue weighted by atomic mass is 16.5. The van der Waals surface area contributed by atoms with Crippen molar-refractivity contribution >= 4 is 5.91 Å². The van der Waals surface area contributed by atoms with E-state index in [0.717, 1.165) is 19.4 Å². The van der Waals surface area contributed by atoms with E-state index in [-0.39, 0.29) is 11.9 Å². The molecule has 154 valence electrons. The molecule has 2 heterocycles. The Morgan fingerprint density at radius 2 is 1.76 bits per heavy atom. The molecule has 0 unspecified atom stereocenters. The average molecular weight is 394 g/mol. The van der Waals surface area contributed by atoms with E-state index in [0.29, 0.717) is 30.0 Å². The van der Waals surface area contributed by atoms with Crippen LogP contribution in [0.2, 0.25) is 0 Å². The molecule has 0 spiro atoms. The van der Waals surface area contributed by atoms with Crippen LogP contribution < -0.4 is 15.0 Å². The van der Waals surface area contributed by atoms with Crippen LogP contribution in [0.4, 0.5) is 0 Å². The second-order valence-corrected chi connectivity index (χ2v) is 8.63. The van der Waals surface area contributed by atoms with Crippen molar-refractivity contribution < 1.29 is 14.4 Å². The number of piperidine rings is 2. The number of carbonyl (C=O) groups is 1. The first-order chi connectivity index (χ1) is 14.1. The molecule has 4 nitrogen and oxygen atoms in total. The lowest BCUT2D eigenvalue weighted by molar-refractivity contribution is -0.973. The van der Waals surface area contributed by atoms with Gasteiger partial charge in [-0.2, -0.15) is 0 Å². The molecule has 0 aliphatic carbocycles. The minimum Gasteiger partial charge on any atom is -0.493 e. The third-order valence-electron chi connectivity index (χ3n) is 6.59. The molecule has 4 rings (SSSR count). The standard InChI is InChI=1S/C25H32N2O2/c1-3-29-24-10-5-4-9-23(24)25(28)26-20-15-21-7-6-8-22(16-20)27(21)17-19-13-11-18(2)12-14-19/h4-5,9-14,20-22H,3,6-8,15-17H2,1-2H3,(H,26,28)/p+1/t21-,22-/m1/s1. The number of para-hydroxylation sites is 1. The van der Waals surface area contributed by atoms with Gasteiger partial charge in [-0.15, -0.1) is 0 Å². The Kier molecular flexibility index (Phi) is 6.19. The number of aryl methyl sites for hydroxylation is 1. The summed E-state index contributed by atoms with van der Waals surface area (Å²) in [5.41, 5.74) is 3.39. The number of benzene rings is 2. The number of hydrogen-bond acceptors (Lipinski definition) is 2. The summed E-state index contributed by atoms with van der Waals surface area (Å²) in [5, 5.41) is 3.32. The van der Waals surface area contributed by atoms with Crippen molar-refractivity contribution in [3.63, 3.8) is 0 Å². The Bertz CT molecular complexity index is 819. The minimum atomic E-state index is -0.000826. The lowest BCUT2D eigenvalue weighted by atomic mass is 9.81. The van der Waals surface area contributed by atoms with Crippen molar-refractivity contribution in [1.82, 2.24) is 5.32 Å². The number of carbonyl (C=O) groups excluding carboxylic acids is 1. The summed E-state index contributed by atoms with van der Waals surface area (Å²) >= 11 is 0. The molecular formula is C25H33N2O2+. The molecule has 2 fully saturated rings. The monoisotopic (exact) mass is 393 g/mol. The van der Waals surface area contributed by atoms with Crippen LogP contribution in [0.25, 0.3) is 0 Å². The highest BCUT2D eigenvalue weighted by molar-refractivity contribution is 5.97. The zero-order valence-corrected chi connectivity index (χ0v) is 17.6.